The highest BCUT2D eigenvalue weighted by atomic mass is 32.2. The van der Waals surface area contributed by atoms with Gasteiger partial charge in [0.25, 0.3) is 0 Å². The molecule has 0 bridgehead atoms. The number of hydrogen-bond donors (Lipinski definition) is 2. The third kappa shape index (κ3) is 8.51. The molecule has 2 amide bonds. The molecule has 14 heteroatoms. The molecule has 2 N–H and O–H groups in total. The van der Waals surface area contributed by atoms with Gasteiger partial charge in [-0.25, -0.2) is 9.59 Å². The van der Waals surface area contributed by atoms with Gasteiger partial charge in [0.1, 0.15) is 22.9 Å². The molecule has 1 aliphatic carbocycles. The van der Waals surface area contributed by atoms with Crippen molar-refractivity contribution in [2.75, 3.05) is 6.61 Å². The number of amides is 2. The smallest absolute Gasteiger partial charge is 0.464 e. The van der Waals surface area contributed by atoms with Crippen LogP contribution in [0.2, 0.25) is 0 Å². The summed E-state index contributed by atoms with van der Waals surface area (Å²) in [5, 5.41) is 5.25. The summed E-state index contributed by atoms with van der Waals surface area (Å²) in [7, 11) is -5.84. The molecule has 37 heavy (non-hydrogen) atoms. The van der Waals surface area contributed by atoms with Crippen molar-refractivity contribution in [2.24, 2.45) is 0 Å². The van der Waals surface area contributed by atoms with E-state index in [1.165, 1.54) is 12.1 Å². The van der Waals surface area contributed by atoms with Crippen molar-refractivity contribution < 1.29 is 49.6 Å². The fraction of sp³-hybridized carbons (Fsp3) is 0.609. The van der Waals surface area contributed by atoms with E-state index in [2.05, 4.69) is 14.8 Å². The first kappa shape index (κ1) is 30.2. The van der Waals surface area contributed by atoms with E-state index in [-0.39, 0.29) is 13.0 Å². The molecule has 1 aliphatic rings. The molecule has 0 aromatic heterocycles. The first-order valence-electron chi connectivity index (χ1n) is 11.6. The second-order valence-corrected chi connectivity index (χ2v) is 11.1. The molecule has 0 spiro atoms. The van der Waals surface area contributed by atoms with E-state index in [4.69, 9.17) is 9.47 Å². The van der Waals surface area contributed by atoms with Gasteiger partial charge in [0, 0.05) is 6.42 Å². The number of nitrogens with one attached hydrogen (secondary N) is 2. The third-order valence-electron chi connectivity index (χ3n) is 5.36. The third-order valence-corrected chi connectivity index (χ3v) is 6.34. The van der Waals surface area contributed by atoms with E-state index < -0.39 is 56.5 Å². The van der Waals surface area contributed by atoms with Crippen LogP contribution < -0.4 is 14.8 Å². The van der Waals surface area contributed by atoms with Crippen LogP contribution in [0.1, 0.15) is 58.9 Å². The summed E-state index contributed by atoms with van der Waals surface area (Å²) in [5.41, 5.74) is -7.30. The van der Waals surface area contributed by atoms with Crippen LogP contribution in [0.4, 0.5) is 18.0 Å². The van der Waals surface area contributed by atoms with Crippen molar-refractivity contribution >= 4 is 28.1 Å². The lowest BCUT2D eigenvalue weighted by molar-refractivity contribution is -0.148. The SMILES string of the molecule is CCOC(=O)C(Cc1ccc(OS(=O)(=O)C(F)(F)F)cc1)NC(=O)C1(NC(=O)OC(C)(C)C)CCCC1. The van der Waals surface area contributed by atoms with Crippen LogP contribution in [-0.4, -0.2) is 55.7 Å². The van der Waals surface area contributed by atoms with Gasteiger partial charge in [-0.05, 0) is 58.2 Å². The largest absolute Gasteiger partial charge is 0.534 e. The van der Waals surface area contributed by atoms with Gasteiger partial charge in [-0.1, -0.05) is 25.0 Å². The predicted octanol–water partition coefficient (Wildman–Crippen LogP) is 3.34. The average molecular weight is 553 g/mol. The monoisotopic (exact) mass is 552 g/mol. The summed E-state index contributed by atoms with van der Waals surface area (Å²) in [6.07, 6.45) is 1.08. The van der Waals surface area contributed by atoms with Crippen molar-refractivity contribution in [3.63, 3.8) is 0 Å². The summed E-state index contributed by atoms with van der Waals surface area (Å²) in [5.74, 6) is -1.95. The van der Waals surface area contributed by atoms with Gasteiger partial charge in [-0.2, -0.15) is 21.6 Å². The first-order valence-corrected chi connectivity index (χ1v) is 13.0. The Bertz CT molecular complexity index is 1080. The number of benzene rings is 1. The number of hydrogen-bond acceptors (Lipinski definition) is 8. The van der Waals surface area contributed by atoms with Crippen LogP contribution in [0.15, 0.2) is 24.3 Å². The fourth-order valence-corrected chi connectivity index (χ4v) is 4.17. The molecule has 208 valence electrons. The first-order chi connectivity index (χ1) is 17.0. The number of ether oxygens (including phenoxy) is 2. The molecule has 1 atom stereocenters. The van der Waals surface area contributed by atoms with Gasteiger partial charge in [-0.15, -0.1) is 0 Å². The zero-order valence-corrected chi connectivity index (χ0v) is 21.8. The number of carbonyl (C=O) groups is 3. The van der Waals surface area contributed by atoms with Gasteiger partial charge in [0.05, 0.1) is 6.61 Å². The molecule has 1 unspecified atom stereocenters. The van der Waals surface area contributed by atoms with Crippen LogP contribution in [0.25, 0.3) is 0 Å². The second-order valence-electron chi connectivity index (χ2n) is 9.53. The number of halogens is 3. The maximum absolute atomic E-state index is 13.3. The standard InChI is InChI=1S/C23H31F3N2O8S/c1-5-34-18(29)17(14-15-8-10-16(11-9-15)36-37(32,33)23(24,25)26)27-19(30)22(12-6-7-13-22)28-20(31)35-21(2,3)4/h8-11,17H,5-7,12-14H2,1-4H3,(H,27,30)(H,28,31). The Morgan fingerprint density at radius 2 is 1.62 bits per heavy atom. The summed E-state index contributed by atoms with van der Waals surface area (Å²) < 4.78 is 74.4. The lowest BCUT2D eigenvalue weighted by atomic mass is 9.95. The average Bonchev–Trinajstić information content (AvgIpc) is 3.22. The van der Waals surface area contributed by atoms with Gasteiger partial charge < -0.3 is 24.3 Å². The van der Waals surface area contributed by atoms with E-state index in [9.17, 15) is 36.0 Å². The molecule has 1 aromatic rings. The summed E-state index contributed by atoms with van der Waals surface area (Å²) >= 11 is 0. The van der Waals surface area contributed by atoms with Gasteiger partial charge >= 0.3 is 27.7 Å². The molecule has 1 fully saturated rings. The highest BCUT2D eigenvalue weighted by Gasteiger charge is 2.48. The van der Waals surface area contributed by atoms with E-state index in [0.29, 0.717) is 31.2 Å². The Morgan fingerprint density at radius 3 is 2.11 bits per heavy atom. The quantitative estimate of drug-likeness (QED) is 0.270. The number of alkyl carbamates (subject to hydrolysis) is 1. The number of alkyl halides is 3. The minimum absolute atomic E-state index is 0.0224. The second kappa shape index (κ2) is 11.6. The molecule has 0 aliphatic heterocycles. The Hall–Kier alpha value is -3.03. The van der Waals surface area contributed by atoms with Crippen LogP contribution in [-0.2, 0) is 35.6 Å². The molecular weight excluding hydrogens is 521 g/mol. The zero-order valence-electron chi connectivity index (χ0n) is 20.9. The molecule has 1 saturated carbocycles. The zero-order chi connectivity index (χ0) is 28.1. The summed E-state index contributed by atoms with van der Waals surface area (Å²) in [6, 6.07) is 3.29. The highest BCUT2D eigenvalue weighted by molar-refractivity contribution is 7.88. The molecule has 0 saturated heterocycles. The van der Waals surface area contributed by atoms with Crippen LogP contribution >= 0.6 is 0 Å². The summed E-state index contributed by atoms with van der Waals surface area (Å²) in [6.45, 7) is 6.64. The molecule has 10 nitrogen and oxygen atoms in total. The van der Waals surface area contributed by atoms with Crippen molar-refractivity contribution in [3.8, 4) is 5.75 Å². The minimum atomic E-state index is -5.84. The Morgan fingerprint density at radius 1 is 1.05 bits per heavy atom. The number of rotatable bonds is 9. The normalized spacial score (nSPS) is 16.4. The highest BCUT2D eigenvalue weighted by Crippen LogP contribution is 2.31. The van der Waals surface area contributed by atoms with Crippen molar-refractivity contribution in [2.45, 2.75) is 82.5 Å². The Labute approximate surface area is 213 Å². The van der Waals surface area contributed by atoms with Crippen LogP contribution in [0, 0.1) is 0 Å². The Balaban J connectivity index is 2.19. The lowest BCUT2D eigenvalue weighted by Crippen LogP contribution is -2.60. The van der Waals surface area contributed by atoms with Gasteiger partial charge in [0.2, 0.25) is 5.91 Å². The molecule has 2 rings (SSSR count). The summed E-state index contributed by atoms with van der Waals surface area (Å²) in [4.78, 5) is 38.3. The maximum Gasteiger partial charge on any atom is 0.534 e. The van der Waals surface area contributed by atoms with E-state index in [1.807, 2.05) is 0 Å². The molecule has 0 radical (unpaired) electrons. The fourth-order valence-electron chi connectivity index (χ4n) is 3.71. The van der Waals surface area contributed by atoms with Gasteiger partial charge in [-0.3, -0.25) is 4.79 Å². The van der Waals surface area contributed by atoms with E-state index in [1.54, 1.807) is 27.7 Å². The van der Waals surface area contributed by atoms with Crippen molar-refractivity contribution in [3.05, 3.63) is 29.8 Å². The van der Waals surface area contributed by atoms with E-state index in [0.717, 1.165) is 12.1 Å². The van der Waals surface area contributed by atoms with Crippen LogP contribution in [0.3, 0.4) is 0 Å². The maximum atomic E-state index is 13.3. The van der Waals surface area contributed by atoms with Gasteiger partial charge in [0.15, 0.2) is 0 Å². The molecule has 0 heterocycles. The molecular formula is C23H31F3N2O8S. The van der Waals surface area contributed by atoms with Crippen molar-refractivity contribution in [1.29, 1.82) is 0 Å². The minimum Gasteiger partial charge on any atom is -0.464 e. The predicted molar refractivity (Wildman–Crippen MR) is 125 cm³/mol. The van der Waals surface area contributed by atoms with Crippen molar-refractivity contribution in [1.82, 2.24) is 10.6 Å². The number of esters is 1. The Kier molecular flexibility index (Phi) is 9.44. The molecule has 1 aromatic carbocycles. The number of carbonyl (C=O) groups excluding carboxylic acids is 3. The van der Waals surface area contributed by atoms with E-state index >= 15 is 0 Å². The topological polar surface area (TPSA) is 137 Å². The lowest BCUT2D eigenvalue weighted by Gasteiger charge is -2.32. The van der Waals surface area contributed by atoms with Crippen LogP contribution in [0.5, 0.6) is 5.75 Å².